The second-order valence-corrected chi connectivity index (χ2v) is 3.98. The van der Waals surface area contributed by atoms with Gasteiger partial charge in [0, 0.05) is 17.7 Å². The molecule has 0 aliphatic rings. The van der Waals surface area contributed by atoms with Crippen LogP contribution < -0.4 is 5.73 Å². The van der Waals surface area contributed by atoms with E-state index in [1.807, 2.05) is 26.0 Å². The van der Waals surface area contributed by atoms with E-state index < -0.39 is 0 Å². The van der Waals surface area contributed by atoms with Crippen LogP contribution in [0.3, 0.4) is 0 Å². The largest absolute Gasteiger partial charge is 0.460 e. The zero-order valence-corrected chi connectivity index (χ0v) is 9.69. The number of rotatable bonds is 4. The van der Waals surface area contributed by atoms with Gasteiger partial charge in [0.1, 0.15) is 0 Å². The lowest BCUT2D eigenvalue weighted by Crippen LogP contribution is -2.14. The summed E-state index contributed by atoms with van der Waals surface area (Å²) >= 11 is 0. The third-order valence-corrected chi connectivity index (χ3v) is 2.03. The van der Waals surface area contributed by atoms with Gasteiger partial charge in [-0.3, -0.25) is 0 Å². The summed E-state index contributed by atoms with van der Waals surface area (Å²) in [5.41, 5.74) is 7.73. The molecule has 1 aromatic carbocycles. The highest BCUT2D eigenvalue weighted by molar-refractivity contribution is 5.88. The van der Waals surface area contributed by atoms with Crippen molar-refractivity contribution in [3.05, 3.63) is 42.0 Å². The van der Waals surface area contributed by atoms with Gasteiger partial charge < -0.3 is 10.5 Å². The number of nitrogen functional groups attached to an aromatic ring is 1. The van der Waals surface area contributed by atoms with Crippen molar-refractivity contribution >= 4 is 11.7 Å². The maximum absolute atomic E-state index is 11.5. The molecule has 16 heavy (non-hydrogen) atoms. The molecule has 0 spiro atoms. The van der Waals surface area contributed by atoms with Crippen LogP contribution in [-0.4, -0.2) is 12.1 Å². The summed E-state index contributed by atoms with van der Waals surface area (Å²) in [5.74, 6) is -0.341. The minimum absolute atomic E-state index is 0.115. The second-order valence-electron chi connectivity index (χ2n) is 3.98. The van der Waals surface area contributed by atoms with Gasteiger partial charge >= 0.3 is 5.97 Å². The van der Waals surface area contributed by atoms with E-state index in [4.69, 9.17) is 10.5 Å². The van der Waals surface area contributed by atoms with E-state index in [9.17, 15) is 4.79 Å². The number of carbonyl (C=O) groups is 1. The number of esters is 1. The minimum atomic E-state index is -0.341. The van der Waals surface area contributed by atoms with Crippen molar-refractivity contribution < 1.29 is 9.53 Å². The third kappa shape index (κ3) is 3.77. The van der Waals surface area contributed by atoms with Crippen LogP contribution in [0.1, 0.15) is 19.4 Å². The van der Waals surface area contributed by atoms with Gasteiger partial charge in [-0.2, -0.15) is 0 Å². The number of benzene rings is 1. The predicted molar refractivity (Wildman–Crippen MR) is 64.9 cm³/mol. The van der Waals surface area contributed by atoms with Gasteiger partial charge in [0.15, 0.2) is 0 Å². The average Bonchev–Trinajstić information content (AvgIpc) is 2.20. The second kappa shape index (κ2) is 5.35. The molecule has 1 aromatic rings. The Hall–Kier alpha value is -1.77. The molecule has 3 heteroatoms. The monoisotopic (exact) mass is 219 g/mol. The summed E-state index contributed by atoms with van der Waals surface area (Å²) in [6, 6.07) is 7.36. The number of anilines is 1. The first kappa shape index (κ1) is 12.3. The van der Waals surface area contributed by atoms with Crippen LogP contribution in [0.5, 0.6) is 0 Å². The number of hydrogen-bond acceptors (Lipinski definition) is 3. The summed E-state index contributed by atoms with van der Waals surface area (Å²) in [6.45, 7) is 7.35. The van der Waals surface area contributed by atoms with Crippen LogP contribution >= 0.6 is 0 Å². The lowest BCUT2D eigenvalue weighted by molar-refractivity contribution is -0.142. The Morgan fingerprint density at radius 1 is 1.38 bits per heavy atom. The van der Waals surface area contributed by atoms with Crippen LogP contribution in [0.4, 0.5) is 5.69 Å². The molecule has 0 bridgehead atoms. The van der Waals surface area contributed by atoms with Crippen molar-refractivity contribution in [3.63, 3.8) is 0 Å². The molecule has 86 valence electrons. The van der Waals surface area contributed by atoms with Crippen LogP contribution in [-0.2, 0) is 16.0 Å². The van der Waals surface area contributed by atoms with Crippen molar-refractivity contribution in [2.24, 2.45) is 0 Å². The minimum Gasteiger partial charge on any atom is -0.460 e. The standard InChI is InChI=1S/C13H17NO2/c1-9(2)16-13(15)10(3)8-11-4-6-12(14)7-5-11/h4-7,9H,3,8,14H2,1-2H3. The maximum Gasteiger partial charge on any atom is 0.333 e. The van der Waals surface area contributed by atoms with Crippen LogP contribution in [0.25, 0.3) is 0 Å². The molecule has 1 rings (SSSR count). The lowest BCUT2D eigenvalue weighted by Gasteiger charge is -2.09. The Morgan fingerprint density at radius 2 is 1.94 bits per heavy atom. The SMILES string of the molecule is C=C(Cc1ccc(N)cc1)C(=O)OC(C)C. The summed E-state index contributed by atoms with van der Waals surface area (Å²) in [4.78, 5) is 11.5. The normalized spacial score (nSPS) is 10.2. The number of hydrogen-bond donors (Lipinski definition) is 1. The zero-order chi connectivity index (χ0) is 12.1. The fourth-order valence-electron chi connectivity index (χ4n) is 1.25. The van der Waals surface area contributed by atoms with Gasteiger partial charge in [0.05, 0.1) is 6.10 Å². The van der Waals surface area contributed by atoms with Crippen LogP contribution in [0.2, 0.25) is 0 Å². The van der Waals surface area contributed by atoms with E-state index in [-0.39, 0.29) is 12.1 Å². The molecule has 0 aliphatic carbocycles. The van der Waals surface area contributed by atoms with E-state index in [1.54, 1.807) is 12.1 Å². The maximum atomic E-state index is 11.5. The Bertz CT molecular complexity index is 379. The number of nitrogens with two attached hydrogens (primary N) is 1. The van der Waals surface area contributed by atoms with E-state index in [0.29, 0.717) is 17.7 Å². The molecule has 3 nitrogen and oxygen atoms in total. The molecule has 0 aliphatic heterocycles. The molecule has 0 fully saturated rings. The molecule has 0 amide bonds. The van der Waals surface area contributed by atoms with E-state index in [0.717, 1.165) is 5.56 Å². The lowest BCUT2D eigenvalue weighted by atomic mass is 10.1. The molecule has 2 N–H and O–H groups in total. The van der Waals surface area contributed by atoms with E-state index >= 15 is 0 Å². The molecule has 0 heterocycles. The predicted octanol–water partition coefficient (Wildman–Crippen LogP) is 2.32. The summed E-state index contributed by atoms with van der Waals surface area (Å²) in [5, 5.41) is 0. The fraction of sp³-hybridized carbons (Fsp3) is 0.308. The van der Waals surface area contributed by atoms with Gasteiger partial charge in [-0.15, -0.1) is 0 Å². The van der Waals surface area contributed by atoms with Gasteiger partial charge in [-0.25, -0.2) is 4.79 Å². The Labute approximate surface area is 95.9 Å². The first-order valence-electron chi connectivity index (χ1n) is 5.22. The Kier molecular flexibility index (Phi) is 4.11. The van der Waals surface area contributed by atoms with E-state index in [2.05, 4.69) is 6.58 Å². The summed E-state index contributed by atoms with van der Waals surface area (Å²) < 4.78 is 5.04. The van der Waals surface area contributed by atoms with Gasteiger partial charge in [-0.05, 0) is 31.5 Å². The van der Waals surface area contributed by atoms with Crippen molar-refractivity contribution in [1.29, 1.82) is 0 Å². The molecule has 0 unspecified atom stereocenters. The van der Waals surface area contributed by atoms with Crippen LogP contribution in [0, 0.1) is 0 Å². The summed E-state index contributed by atoms with van der Waals surface area (Å²) in [7, 11) is 0. The summed E-state index contributed by atoms with van der Waals surface area (Å²) in [6.07, 6.45) is 0.377. The molecule has 0 atom stereocenters. The van der Waals surface area contributed by atoms with Gasteiger partial charge in [0.2, 0.25) is 0 Å². The highest BCUT2D eigenvalue weighted by Gasteiger charge is 2.10. The third-order valence-electron chi connectivity index (χ3n) is 2.03. The van der Waals surface area contributed by atoms with Crippen molar-refractivity contribution in [2.45, 2.75) is 26.4 Å². The molecule has 0 saturated carbocycles. The number of ether oxygens (including phenoxy) is 1. The highest BCUT2D eigenvalue weighted by atomic mass is 16.5. The quantitative estimate of drug-likeness (QED) is 0.480. The Morgan fingerprint density at radius 3 is 2.44 bits per heavy atom. The number of carbonyl (C=O) groups excluding carboxylic acids is 1. The molecule has 0 radical (unpaired) electrons. The molecule has 0 saturated heterocycles. The van der Waals surface area contributed by atoms with Crippen molar-refractivity contribution in [2.75, 3.05) is 5.73 Å². The molecule has 0 aromatic heterocycles. The van der Waals surface area contributed by atoms with Crippen LogP contribution in [0.15, 0.2) is 36.4 Å². The molecular weight excluding hydrogens is 202 g/mol. The van der Waals surface area contributed by atoms with E-state index in [1.165, 1.54) is 0 Å². The smallest absolute Gasteiger partial charge is 0.333 e. The Balaban J connectivity index is 2.57. The van der Waals surface area contributed by atoms with Gasteiger partial charge in [-0.1, -0.05) is 18.7 Å². The first-order chi connectivity index (χ1) is 7.49. The average molecular weight is 219 g/mol. The van der Waals surface area contributed by atoms with Crippen molar-refractivity contribution in [1.82, 2.24) is 0 Å². The zero-order valence-electron chi connectivity index (χ0n) is 9.69. The topological polar surface area (TPSA) is 52.3 Å². The van der Waals surface area contributed by atoms with Gasteiger partial charge in [0.25, 0.3) is 0 Å². The first-order valence-corrected chi connectivity index (χ1v) is 5.22. The molecular formula is C13H17NO2. The van der Waals surface area contributed by atoms with Crippen molar-refractivity contribution in [3.8, 4) is 0 Å². The highest BCUT2D eigenvalue weighted by Crippen LogP contribution is 2.11. The fourth-order valence-corrected chi connectivity index (χ4v) is 1.25.